The maximum Gasteiger partial charge on any atom is 0.301 e. The van der Waals surface area contributed by atoms with Gasteiger partial charge in [0.05, 0.1) is 48.8 Å². The number of anilines is 2. The molecular formula is C72H100N8O8S2. The second kappa shape index (κ2) is 35.4. The zero-order valence-electron chi connectivity index (χ0n) is 53.9. The number of aromatic amines is 1. The van der Waals surface area contributed by atoms with Gasteiger partial charge in [-0.3, -0.25) is 13.9 Å². The molecule has 18 heteroatoms. The van der Waals surface area contributed by atoms with Crippen LogP contribution in [0.2, 0.25) is 0 Å². The van der Waals surface area contributed by atoms with Gasteiger partial charge in [-0.25, -0.2) is 15.0 Å². The third-order valence-corrected chi connectivity index (χ3v) is 19.7. The van der Waals surface area contributed by atoms with Gasteiger partial charge in [-0.05, 0) is 110 Å². The van der Waals surface area contributed by atoms with Gasteiger partial charge in [-0.2, -0.15) is 26.9 Å². The summed E-state index contributed by atoms with van der Waals surface area (Å²) in [6.07, 6.45) is 40.1. The number of H-pyrrole nitrogens is 1. The molecule has 0 radical (unpaired) electrons. The van der Waals surface area contributed by atoms with E-state index in [0.717, 1.165) is 67.2 Å². The minimum atomic E-state index is -4.46. The van der Waals surface area contributed by atoms with Gasteiger partial charge in [0, 0.05) is 30.7 Å². The first kappa shape index (κ1) is 69.4. The van der Waals surface area contributed by atoms with E-state index in [-0.39, 0.29) is 27.2 Å². The molecule has 0 aliphatic carbocycles. The van der Waals surface area contributed by atoms with Crippen LogP contribution in [0.1, 0.15) is 232 Å². The van der Waals surface area contributed by atoms with Crippen molar-refractivity contribution in [1.82, 2.24) is 19.5 Å². The number of hydrogen-bond donors (Lipinski definition) is 4. The molecule has 8 rings (SSSR count). The number of phenols is 1. The van der Waals surface area contributed by atoms with Gasteiger partial charge >= 0.3 is 5.91 Å². The SMILES string of the molecule is CCCCCCCCCCCCCCCCCCn1c(-c2ccc3c(CCN(CC)c4ccc(/N=C5\C(=O)N(c6nc7ccc(S(=O)(=O)O)cc7[nH]6)N=C5CCCCCCCCCCCCCCCCC)cc4)cccc3c2O)nc2cc(S(=O)(=O)O)ccc21. The number of unbranched alkanes of at least 4 members (excludes halogenated alkanes) is 29. The summed E-state index contributed by atoms with van der Waals surface area (Å²) in [7, 11) is -8.92. The monoisotopic (exact) mass is 1270 g/mol. The molecule has 0 saturated carbocycles. The molecule has 0 atom stereocenters. The first-order valence-electron chi connectivity index (χ1n) is 34.2. The summed E-state index contributed by atoms with van der Waals surface area (Å²) >= 11 is 0. The fraction of sp³-hybridized carbons (Fsp3) is 0.542. The Bertz CT molecular complexity index is 3710. The van der Waals surface area contributed by atoms with Crippen LogP contribution in [0.15, 0.2) is 111 Å². The molecule has 488 valence electrons. The topological polar surface area (TPSA) is 224 Å². The molecule has 3 heterocycles. The number of aryl methyl sites for hydroxylation is 1. The molecule has 1 aliphatic rings. The summed E-state index contributed by atoms with van der Waals surface area (Å²) in [5, 5.41) is 19.7. The largest absolute Gasteiger partial charge is 0.507 e. The van der Waals surface area contributed by atoms with Crippen molar-refractivity contribution in [3.63, 3.8) is 0 Å². The quantitative estimate of drug-likeness (QED) is 0.0208. The van der Waals surface area contributed by atoms with Crippen molar-refractivity contribution < 1.29 is 35.8 Å². The summed E-state index contributed by atoms with van der Waals surface area (Å²) in [6.45, 7) is 8.66. The van der Waals surface area contributed by atoms with Gasteiger partial charge in [-0.1, -0.05) is 224 Å². The van der Waals surface area contributed by atoms with Crippen LogP contribution < -0.4 is 9.91 Å². The molecule has 0 spiro atoms. The molecule has 0 bridgehead atoms. The number of aromatic hydroxyl groups is 1. The van der Waals surface area contributed by atoms with E-state index in [2.05, 4.69) is 46.3 Å². The summed E-state index contributed by atoms with van der Waals surface area (Å²) in [4.78, 5) is 33.5. The van der Waals surface area contributed by atoms with Gasteiger partial charge in [0.2, 0.25) is 5.95 Å². The fourth-order valence-corrected chi connectivity index (χ4v) is 13.7. The van der Waals surface area contributed by atoms with Crippen molar-refractivity contribution in [3.8, 4) is 17.1 Å². The average molecular weight is 1270 g/mol. The number of phenolic OH excluding ortho intramolecular Hbond substituents is 1. The van der Waals surface area contributed by atoms with E-state index >= 15 is 0 Å². The predicted octanol–water partition coefficient (Wildman–Crippen LogP) is 19.0. The number of likely N-dealkylation sites (N-methyl/N-ethyl adjacent to an activating group) is 1. The third kappa shape index (κ3) is 20.0. The lowest BCUT2D eigenvalue weighted by Gasteiger charge is -2.24. The lowest BCUT2D eigenvalue weighted by atomic mass is 9.98. The van der Waals surface area contributed by atoms with E-state index in [0.29, 0.717) is 70.7 Å². The average Bonchev–Trinajstić information content (AvgIpc) is 1.79. The van der Waals surface area contributed by atoms with Crippen molar-refractivity contribution in [2.24, 2.45) is 10.1 Å². The molecule has 5 aromatic carbocycles. The molecule has 7 aromatic rings. The number of carbonyl (C=O) groups is 1. The fourth-order valence-electron chi connectivity index (χ4n) is 12.7. The van der Waals surface area contributed by atoms with Crippen molar-refractivity contribution in [3.05, 3.63) is 96.6 Å². The van der Waals surface area contributed by atoms with E-state index < -0.39 is 26.1 Å². The minimum Gasteiger partial charge on any atom is -0.507 e. The summed E-state index contributed by atoms with van der Waals surface area (Å²) in [5.41, 5.74) is 5.84. The normalized spacial score (nSPS) is 13.5. The molecule has 90 heavy (non-hydrogen) atoms. The Balaban J connectivity index is 0.894. The van der Waals surface area contributed by atoms with Crippen molar-refractivity contribution >= 4 is 87.7 Å². The van der Waals surface area contributed by atoms with Crippen LogP contribution in [0, 0.1) is 0 Å². The van der Waals surface area contributed by atoms with E-state index in [1.807, 2.05) is 48.5 Å². The van der Waals surface area contributed by atoms with E-state index in [4.69, 9.17) is 15.1 Å². The minimum absolute atomic E-state index is 0.0937. The maximum absolute atomic E-state index is 14.3. The molecule has 0 fully saturated rings. The highest BCUT2D eigenvalue weighted by Crippen LogP contribution is 2.39. The third-order valence-electron chi connectivity index (χ3n) is 18.0. The van der Waals surface area contributed by atoms with Gasteiger partial charge < -0.3 is 19.6 Å². The standard InChI is InChI=1S/C72H100N8O8S2/c1-4-7-9-11-13-15-17-19-21-23-25-27-29-31-33-35-51-79-67-49-45-59(90(86,87)88)54-66(67)74-70(79)62-47-46-60-55(37-36-38-61(60)69(62)81)50-52-78(6-3)57-42-40-56(41-43-57)73-68-64(39-34-32-30-28-26-24-22-20-18-16-14-12-10-8-5-2)77-80(71(68)82)72-75-63-48-44-58(89(83,84)85)53-65(63)76-72/h36-38,40-49,53-54,81H,4-35,39,50-52H2,1-3H3,(H,75,76)(H,83,84,85)(H,86,87,88)/b73-68-. The van der Waals surface area contributed by atoms with Crippen LogP contribution >= 0.6 is 0 Å². The van der Waals surface area contributed by atoms with Gasteiger partial charge in [0.15, 0.2) is 5.71 Å². The van der Waals surface area contributed by atoms with Crippen molar-refractivity contribution in [1.29, 1.82) is 0 Å². The van der Waals surface area contributed by atoms with Gasteiger partial charge in [-0.15, -0.1) is 0 Å². The highest BCUT2D eigenvalue weighted by atomic mass is 32.2. The number of aromatic nitrogens is 4. The first-order chi connectivity index (χ1) is 43.7. The van der Waals surface area contributed by atoms with E-state index in [1.165, 1.54) is 196 Å². The molecule has 2 aromatic heterocycles. The number of carbonyl (C=O) groups excluding carboxylic acids is 1. The number of nitrogens with zero attached hydrogens (tertiary/aromatic N) is 7. The molecule has 1 aliphatic heterocycles. The van der Waals surface area contributed by atoms with Crippen LogP contribution in [-0.2, 0) is 38.0 Å². The lowest BCUT2D eigenvalue weighted by Crippen LogP contribution is -2.28. The Morgan fingerprint density at radius 1 is 0.544 bits per heavy atom. The van der Waals surface area contributed by atoms with Crippen molar-refractivity contribution in [2.45, 2.75) is 249 Å². The molecule has 16 nitrogen and oxygen atoms in total. The molecule has 0 unspecified atom stereocenters. The number of imidazole rings is 2. The number of hydrazone groups is 1. The number of rotatable bonds is 43. The summed E-state index contributed by atoms with van der Waals surface area (Å²) in [6, 6.07) is 26.2. The Morgan fingerprint density at radius 3 is 1.63 bits per heavy atom. The molecule has 0 saturated heterocycles. The van der Waals surface area contributed by atoms with Crippen LogP contribution in [0.5, 0.6) is 5.75 Å². The summed E-state index contributed by atoms with van der Waals surface area (Å²) in [5.74, 6) is 0.299. The maximum atomic E-state index is 14.3. The molecule has 1 amide bonds. The molecular weight excluding hydrogens is 1170 g/mol. The highest BCUT2D eigenvalue weighted by Gasteiger charge is 2.35. The Labute approximate surface area is 536 Å². The second-order valence-corrected chi connectivity index (χ2v) is 27.7. The van der Waals surface area contributed by atoms with Crippen LogP contribution in [0.4, 0.5) is 17.3 Å². The zero-order chi connectivity index (χ0) is 63.7. The lowest BCUT2D eigenvalue weighted by molar-refractivity contribution is -0.112. The van der Waals surface area contributed by atoms with Crippen LogP contribution in [0.25, 0.3) is 44.2 Å². The first-order valence-corrected chi connectivity index (χ1v) is 37.1. The smallest absolute Gasteiger partial charge is 0.301 e. The highest BCUT2D eigenvalue weighted by molar-refractivity contribution is 7.86. The number of hydrogen-bond acceptors (Lipinski definition) is 11. The Hall–Kier alpha value is -6.47. The van der Waals surface area contributed by atoms with E-state index in [9.17, 15) is 35.8 Å². The van der Waals surface area contributed by atoms with Crippen molar-refractivity contribution in [2.75, 3.05) is 23.0 Å². The van der Waals surface area contributed by atoms with Crippen LogP contribution in [0.3, 0.4) is 0 Å². The molecule has 4 N–H and O–H groups in total. The van der Waals surface area contributed by atoms with Gasteiger partial charge in [0.25, 0.3) is 20.2 Å². The van der Waals surface area contributed by atoms with E-state index in [1.54, 1.807) is 6.07 Å². The Morgan fingerprint density at radius 2 is 1.08 bits per heavy atom. The number of nitrogens with one attached hydrogen (secondary N) is 1. The number of aliphatic imine (C=N–C) groups is 1. The zero-order valence-corrected chi connectivity index (χ0v) is 55.6. The number of benzene rings is 5. The second-order valence-electron chi connectivity index (χ2n) is 24.9. The summed E-state index contributed by atoms with van der Waals surface area (Å²) < 4.78 is 70.0. The number of fused-ring (bicyclic) bond motifs is 3. The van der Waals surface area contributed by atoms with Crippen LogP contribution in [-0.4, -0.2) is 81.0 Å². The van der Waals surface area contributed by atoms with Gasteiger partial charge in [0.1, 0.15) is 11.6 Å². The Kier molecular flexibility index (Phi) is 27.3. The number of amides is 1. The predicted molar refractivity (Wildman–Crippen MR) is 369 cm³/mol.